The largest absolute Gasteiger partial charge is 0.497 e. The van der Waals surface area contributed by atoms with Gasteiger partial charge in [0.25, 0.3) is 0 Å². The zero-order valence-corrected chi connectivity index (χ0v) is 21.1. The Balaban J connectivity index is 1.51. The van der Waals surface area contributed by atoms with E-state index in [9.17, 15) is 4.79 Å². The van der Waals surface area contributed by atoms with Gasteiger partial charge in [0.15, 0.2) is 0 Å². The van der Waals surface area contributed by atoms with Crippen LogP contribution in [0.25, 0.3) is 21.8 Å². The SMILES string of the molecule is CCOC(=O)[C@@H]1C[C@@H](c2c[nH]c3ccccc23)C[C@@H](c2c[nH]c3ccccc23)N1c1ccc(OC)cc1. The third-order valence-corrected chi connectivity index (χ3v) is 7.66. The van der Waals surface area contributed by atoms with Crippen molar-refractivity contribution in [1.82, 2.24) is 9.97 Å². The monoisotopic (exact) mass is 493 g/mol. The Labute approximate surface area is 216 Å². The lowest BCUT2D eigenvalue weighted by molar-refractivity contribution is -0.145. The zero-order chi connectivity index (χ0) is 25.4. The molecule has 0 bridgehead atoms. The molecule has 0 unspecified atom stereocenters. The quantitative estimate of drug-likeness (QED) is 0.258. The number of esters is 1. The summed E-state index contributed by atoms with van der Waals surface area (Å²) in [5.74, 6) is 0.778. The number of carbonyl (C=O) groups excluding carboxylic acids is 1. The van der Waals surface area contributed by atoms with Crippen LogP contribution in [-0.4, -0.2) is 35.7 Å². The number of piperidine rings is 1. The van der Waals surface area contributed by atoms with Gasteiger partial charge in [0.05, 0.1) is 19.8 Å². The van der Waals surface area contributed by atoms with Gasteiger partial charge in [0, 0.05) is 39.9 Å². The van der Waals surface area contributed by atoms with Gasteiger partial charge in [0.1, 0.15) is 11.8 Å². The smallest absolute Gasteiger partial charge is 0.328 e. The number of carbonyl (C=O) groups is 1. The van der Waals surface area contributed by atoms with Crippen LogP contribution in [-0.2, 0) is 9.53 Å². The highest BCUT2D eigenvalue weighted by Gasteiger charge is 2.42. The first kappa shape index (κ1) is 23.2. The Hall–Kier alpha value is -4.19. The average Bonchev–Trinajstić information content (AvgIpc) is 3.57. The molecule has 1 aliphatic heterocycles. The molecule has 6 nitrogen and oxygen atoms in total. The maximum atomic E-state index is 13.6. The molecular formula is C31H31N3O3. The van der Waals surface area contributed by atoms with Gasteiger partial charge < -0.3 is 24.3 Å². The van der Waals surface area contributed by atoms with Gasteiger partial charge in [-0.05, 0) is 73.2 Å². The Kier molecular flexibility index (Phi) is 6.08. The fraction of sp³-hybridized carbons (Fsp3) is 0.258. The predicted molar refractivity (Wildman–Crippen MR) is 147 cm³/mol. The molecule has 2 aromatic heterocycles. The van der Waals surface area contributed by atoms with Gasteiger partial charge in [-0.3, -0.25) is 0 Å². The molecule has 188 valence electrons. The number of nitrogens with one attached hydrogen (secondary N) is 2. The molecule has 0 radical (unpaired) electrons. The van der Waals surface area contributed by atoms with E-state index in [4.69, 9.17) is 9.47 Å². The fourth-order valence-electron chi connectivity index (χ4n) is 5.97. The minimum absolute atomic E-state index is 0.0358. The molecule has 3 aromatic carbocycles. The number of nitrogens with zero attached hydrogens (tertiary/aromatic N) is 1. The average molecular weight is 494 g/mol. The normalized spacial score (nSPS) is 19.8. The number of benzene rings is 3. The first-order valence-corrected chi connectivity index (χ1v) is 12.9. The Bertz CT molecular complexity index is 1530. The predicted octanol–water partition coefficient (Wildman–Crippen LogP) is 6.71. The molecule has 5 aromatic rings. The number of ether oxygens (including phenoxy) is 2. The number of aromatic nitrogens is 2. The van der Waals surface area contributed by atoms with Crippen molar-refractivity contribution in [3.63, 3.8) is 0 Å². The van der Waals surface area contributed by atoms with Crippen LogP contribution in [0.15, 0.2) is 85.2 Å². The van der Waals surface area contributed by atoms with Crippen LogP contribution >= 0.6 is 0 Å². The molecule has 0 saturated carbocycles. The summed E-state index contributed by atoms with van der Waals surface area (Å²) in [5, 5.41) is 2.39. The number of methoxy groups -OCH3 is 1. The van der Waals surface area contributed by atoms with Crippen molar-refractivity contribution < 1.29 is 14.3 Å². The summed E-state index contributed by atoms with van der Waals surface area (Å²) >= 11 is 0. The van der Waals surface area contributed by atoms with Crippen LogP contribution in [0.3, 0.4) is 0 Å². The van der Waals surface area contributed by atoms with E-state index in [0.29, 0.717) is 13.0 Å². The summed E-state index contributed by atoms with van der Waals surface area (Å²) < 4.78 is 11.1. The molecule has 1 fully saturated rings. The van der Waals surface area contributed by atoms with Crippen molar-refractivity contribution in [3.05, 3.63) is 96.3 Å². The molecule has 2 N–H and O–H groups in total. The van der Waals surface area contributed by atoms with E-state index < -0.39 is 6.04 Å². The van der Waals surface area contributed by atoms with Gasteiger partial charge in [-0.2, -0.15) is 0 Å². The summed E-state index contributed by atoms with van der Waals surface area (Å²) in [4.78, 5) is 22.7. The molecule has 37 heavy (non-hydrogen) atoms. The standard InChI is InChI=1S/C31H31N3O3/c1-3-37-31(35)30-17-20(25-18-32-27-10-6-4-8-23(25)27)16-29(26-19-33-28-11-7-5-9-24(26)28)34(30)21-12-14-22(36-2)15-13-21/h4-15,18-20,29-30,32-33H,3,16-17H2,1-2H3/t20-,29-,30-/m0/s1. The van der Waals surface area contributed by atoms with Crippen molar-refractivity contribution in [3.8, 4) is 5.75 Å². The van der Waals surface area contributed by atoms with Gasteiger partial charge in [-0.1, -0.05) is 36.4 Å². The molecule has 6 heteroatoms. The first-order valence-electron chi connectivity index (χ1n) is 12.9. The van der Waals surface area contributed by atoms with E-state index in [1.807, 2.05) is 43.3 Å². The minimum atomic E-state index is -0.431. The molecule has 3 heterocycles. The van der Waals surface area contributed by atoms with Gasteiger partial charge >= 0.3 is 5.97 Å². The van der Waals surface area contributed by atoms with Crippen molar-refractivity contribution in [2.75, 3.05) is 18.6 Å². The zero-order valence-electron chi connectivity index (χ0n) is 21.1. The third-order valence-electron chi connectivity index (χ3n) is 7.66. The Morgan fingerprint density at radius 2 is 1.49 bits per heavy atom. The summed E-state index contributed by atoms with van der Waals surface area (Å²) in [7, 11) is 1.66. The minimum Gasteiger partial charge on any atom is -0.497 e. The van der Waals surface area contributed by atoms with Crippen LogP contribution in [0.5, 0.6) is 5.75 Å². The number of fused-ring (bicyclic) bond motifs is 2. The third kappa shape index (κ3) is 4.12. The number of hydrogen-bond donors (Lipinski definition) is 2. The summed E-state index contributed by atoms with van der Waals surface area (Å²) in [6.07, 6.45) is 5.76. The molecule has 0 amide bonds. The summed E-state index contributed by atoms with van der Waals surface area (Å²) in [6.45, 7) is 2.22. The lowest BCUT2D eigenvalue weighted by Crippen LogP contribution is -2.49. The Morgan fingerprint density at radius 3 is 2.14 bits per heavy atom. The molecule has 6 rings (SSSR count). The van der Waals surface area contributed by atoms with Crippen LogP contribution in [0.4, 0.5) is 5.69 Å². The fourth-order valence-corrected chi connectivity index (χ4v) is 5.97. The summed E-state index contributed by atoms with van der Waals surface area (Å²) in [6, 6.07) is 24.3. The maximum absolute atomic E-state index is 13.6. The molecule has 1 aliphatic rings. The van der Waals surface area contributed by atoms with Crippen LogP contribution in [0, 0.1) is 0 Å². The second-order valence-electron chi connectivity index (χ2n) is 9.64. The number of para-hydroxylation sites is 2. The lowest BCUT2D eigenvalue weighted by Gasteiger charge is -2.45. The van der Waals surface area contributed by atoms with Crippen LogP contribution in [0.1, 0.15) is 42.9 Å². The van der Waals surface area contributed by atoms with Crippen molar-refractivity contribution in [2.45, 2.75) is 37.8 Å². The highest BCUT2D eigenvalue weighted by molar-refractivity contribution is 5.87. The topological polar surface area (TPSA) is 70.4 Å². The molecular weight excluding hydrogens is 462 g/mol. The molecule has 0 aliphatic carbocycles. The number of anilines is 1. The van der Waals surface area contributed by atoms with Gasteiger partial charge in [-0.15, -0.1) is 0 Å². The van der Waals surface area contributed by atoms with E-state index in [-0.39, 0.29) is 17.9 Å². The number of rotatable bonds is 6. The van der Waals surface area contributed by atoms with Crippen molar-refractivity contribution in [1.29, 1.82) is 0 Å². The Morgan fingerprint density at radius 1 is 0.865 bits per heavy atom. The van der Waals surface area contributed by atoms with Gasteiger partial charge in [0.2, 0.25) is 0 Å². The van der Waals surface area contributed by atoms with E-state index in [0.717, 1.165) is 28.9 Å². The number of aromatic amines is 2. The van der Waals surface area contributed by atoms with Crippen LogP contribution < -0.4 is 9.64 Å². The highest BCUT2D eigenvalue weighted by atomic mass is 16.5. The second-order valence-corrected chi connectivity index (χ2v) is 9.64. The molecule has 1 saturated heterocycles. The lowest BCUT2D eigenvalue weighted by atomic mass is 9.79. The first-order chi connectivity index (χ1) is 18.2. The van der Waals surface area contributed by atoms with E-state index in [1.165, 1.54) is 21.9 Å². The molecule has 0 spiro atoms. The van der Waals surface area contributed by atoms with E-state index >= 15 is 0 Å². The highest BCUT2D eigenvalue weighted by Crippen LogP contribution is 2.47. The van der Waals surface area contributed by atoms with E-state index in [1.54, 1.807) is 7.11 Å². The van der Waals surface area contributed by atoms with Crippen molar-refractivity contribution in [2.24, 2.45) is 0 Å². The van der Waals surface area contributed by atoms with Gasteiger partial charge in [-0.25, -0.2) is 4.79 Å². The van der Waals surface area contributed by atoms with Crippen LogP contribution in [0.2, 0.25) is 0 Å². The number of H-pyrrole nitrogens is 2. The van der Waals surface area contributed by atoms with Crippen molar-refractivity contribution >= 4 is 33.5 Å². The second kappa shape index (κ2) is 9.69. The maximum Gasteiger partial charge on any atom is 0.328 e. The number of hydrogen-bond acceptors (Lipinski definition) is 4. The van der Waals surface area contributed by atoms with E-state index in [2.05, 4.69) is 63.7 Å². The summed E-state index contributed by atoms with van der Waals surface area (Å²) in [5.41, 5.74) is 5.63. The molecule has 3 atom stereocenters.